The van der Waals surface area contributed by atoms with E-state index < -0.39 is 23.0 Å². The molecule has 4 nitrogen and oxygen atoms in total. The van der Waals surface area contributed by atoms with E-state index in [0.717, 1.165) is 17.8 Å². The first kappa shape index (κ1) is 21.1. The minimum Gasteiger partial charge on any atom is -0.324 e. The molecule has 0 aliphatic rings. The van der Waals surface area contributed by atoms with Crippen LogP contribution in [0.4, 0.5) is 18.9 Å². The highest BCUT2D eigenvalue weighted by Crippen LogP contribution is 2.33. The van der Waals surface area contributed by atoms with Gasteiger partial charge in [0.1, 0.15) is 5.69 Å². The average Bonchev–Trinajstić information content (AvgIpc) is 2.69. The summed E-state index contributed by atoms with van der Waals surface area (Å²) in [5.41, 5.74) is 0.0127. The number of benzene rings is 2. The molecule has 2 aromatic carbocycles. The Balaban J connectivity index is 1.85. The van der Waals surface area contributed by atoms with Crippen molar-refractivity contribution in [2.45, 2.75) is 23.5 Å². The van der Waals surface area contributed by atoms with E-state index in [4.69, 9.17) is 11.6 Å². The molecule has 1 heterocycles. The summed E-state index contributed by atoms with van der Waals surface area (Å²) in [4.78, 5) is 20.2. The summed E-state index contributed by atoms with van der Waals surface area (Å²) in [6, 6.07) is 16.1. The number of anilines is 1. The third-order valence-corrected chi connectivity index (χ3v) is 5.14. The van der Waals surface area contributed by atoms with E-state index in [1.54, 1.807) is 61.5 Å². The monoisotopic (exact) mass is 437 g/mol. The first-order chi connectivity index (χ1) is 13.7. The van der Waals surface area contributed by atoms with Gasteiger partial charge in [-0.2, -0.15) is 13.2 Å². The quantitative estimate of drug-likeness (QED) is 0.396. The van der Waals surface area contributed by atoms with Gasteiger partial charge in [-0.05, 0) is 25.1 Å². The van der Waals surface area contributed by atoms with Gasteiger partial charge in [0, 0.05) is 5.56 Å². The first-order valence-corrected chi connectivity index (χ1v) is 9.73. The van der Waals surface area contributed by atoms with Gasteiger partial charge in [0.05, 0.1) is 21.7 Å². The number of carbonyl (C=O) groups excluding carboxylic acids is 1. The standard InChI is InChI=1S/C20H15ClF3N3OS/c1-12(18(28)25-15-10-6-5-9-14(15)21)29-19-26-16(13-7-3-2-4-8-13)11-17(27-19)20(22,23)24/h2-12H,1H3,(H,25,28)/t12-/m1/s1. The molecular formula is C20H15ClF3N3OS. The minimum atomic E-state index is -4.63. The van der Waals surface area contributed by atoms with Gasteiger partial charge in [0.15, 0.2) is 5.16 Å². The number of rotatable bonds is 5. The Hall–Kier alpha value is -2.58. The molecule has 150 valence electrons. The topological polar surface area (TPSA) is 54.9 Å². The molecular weight excluding hydrogens is 423 g/mol. The van der Waals surface area contributed by atoms with Gasteiger partial charge in [-0.25, -0.2) is 9.97 Å². The molecule has 0 bridgehead atoms. The predicted molar refractivity (Wildman–Crippen MR) is 108 cm³/mol. The Kier molecular flexibility index (Phi) is 6.44. The van der Waals surface area contributed by atoms with Crippen LogP contribution in [0.15, 0.2) is 65.8 Å². The number of amides is 1. The number of thioether (sulfide) groups is 1. The average molecular weight is 438 g/mol. The van der Waals surface area contributed by atoms with Gasteiger partial charge >= 0.3 is 6.18 Å². The van der Waals surface area contributed by atoms with Gasteiger partial charge < -0.3 is 5.32 Å². The van der Waals surface area contributed by atoms with Crippen LogP contribution in [0.25, 0.3) is 11.3 Å². The third-order valence-electron chi connectivity index (χ3n) is 3.85. The first-order valence-electron chi connectivity index (χ1n) is 8.48. The number of carbonyl (C=O) groups is 1. The number of alkyl halides is 3. The maximum atomic E-state index is 13.3. The van der Waals surface area contributed by atoms with Gasteiger partial charge in [-0.15, -0.1) is 0 Å². The smallest absolute Gasteiger partial charge is 0.324 e. The second kappa shape index (κ2) is 8.84. The van der Waals surface area contributed by atoms with Crippen molar-refractivity contribution in [1.82, 2.24) is 9.97 Å². The highest BCUT2D eigenvalue weighted by Gasteiger charge is 2.34. The SMILES string of the molecule is C[C@@H](Sc1nc(-c2ccccc2)cc(C(F)(F)F)n1)C(=O)Nc1ccccc1Cl. The van der Waals surface area contributed by atoms with Gasteiger partial charge in [-0.3, -0.25) is 4.79 Å². The summed E-state index contributed by atoms with van der Waals surface area (Å²) in [5, 5.41) is 2.12. The van der Waals surface area contributed by atoms with Crippen LogP contribution in [0.3, 0.4) is 0 Å². The normalized spacial score (nSPS) is 12.4. The molecule has 1 N–H and O–H groups in total. The van der Waals surface area contributed by atoms with Crippen LogP contribution in [0.1, 0.15) is 12.6 Å². The molecule has 1 atom stereocenters. The van der Waals surface area contributed by atoms with Gasteiger partial charge in [0.25, 0.3) is 0 Å². The summed E-state index contributed by atoms with van der Waals surface area (Å²) < 4.78 is 39.9. The lowest BCUT2D eigenvalue weighted by atomic mass is 10.1. The van der Waals surface area contributed by atoms with Gasteiger partial charge in [-0.1, -0.05) is 65.8 Å². The van der Waals surface area contributed by atoms with Crippen LogP contribution in [-0.2, 0) is 11.0 Å². The van der Waals surface area contributed by atoms with Crippen molar-refractivity contribution < 1.29 is 18.0 Å². The van der Waals surface area contributed by atoms with Crippen molar-refractivity contribution in [3.8, 4) is 11.3 Å². The summed E-state index contributed by atoms with van der Waals surface area (Å²) in [6.45, 7) is 1.56. The number of para-hydroxylation sites is 1. The molecule has 9 heteroatoms. The number of nitrogens with one attached hydrogen (secondary N) is 1. The molecule has 0 aliphatic carbocycles. The van der Waals surface area contributed by atoms with Crippen LogP contribution in [0.2, 0.25) is 5.02 Å². The Morgan fingerprint density at radius 3 is 2.38 bits per heavy atom. The lowest BCUT2D eigenvalue weighted by molar-refractivity contribution is -0.141. The van der Waals surface area contributed by atoms with Crippen molar-refractivity contribution in [2.24, 2.45) is 0 Å². The van der Waals surface area contributed by atoms with E-state index in [-0.39, 0.29) is 10.9 Å². The largest absolute Gasteiger partial charge is 0.433 e. The molecule has 0 aliphatic heterocycles. The predicted octanol–water partition coefficient (Wildman–Crippen LogP) is 5.94. The molecule has 0 saturated carbocycles. The second-order valence-electron chi connectivity index (χ2n) is 6.01. The van der Waals surface area contributed by atoms with Crippen molar-refractivity contribution in [3.63, 3.8) is 0 Å². The van der Waals surface area contributed by atoms with Crippen LogP contribution >= 0.6 is 23.4 Å². The maximum Gasteiger partial charge on any atom is 0.433 e. The molecule has 0 unspecified atom stereocenters. The van der Waals surface area contributed by atoms with Crippen molar-refractivity contribution in [3.05, 3.63) is 71.4 Å². The van der Waals surface area contributed by atoms with E-state index in [1.807, 2.05) is 0 Å². The summed E-state index contributed by atoms with van der Waals surface area (Å²) >= 11 is 6.86. The molecule has 0 fully saturated rings. The maximum absolute atomic E-state index is 13.3. The lowest BCUT2D eigenvalue weighted by Crippen LogP contribution is -2.23. The van der Waals surface area contributed by atoms with E-state index >= 15 is 0 Å². The molecule has 0 radical (unpaired) electrons. The molecule has 29 heavy (non-hydrogen) atoms. The summed E-state index contributed by atoms with van der Waals surface area (Å²) in [5.74, 6) is -0.426. The second-order valence-corrected chi connectivity index (χ2v) is 7.73. The van der Waals surface area contributed by atoms with E-state index in [1.165, 1.54) is 0 Å². The zero-order valence-corrected chi connectivity index (χ0v) is 16.6. The fourth-order valence-electron chi connectivity index (χ4n) is 2.39. The van der Waals surface area contributed by atoms with Gasteiger partial charge in [0.2, 0.25) is 5.91 Å². The Bertz CT molecular complexity index is 1020. The fourth-order valence-corrected chi connectivity index (χ4v) is 3.36. The molecule has 0 saturated heterocycles. The molecule has 0 spiro atoms. The number of hydrogen-bond donors (Lipinski definition) is 1. The van der Waals surface area contributed by atoms with Crippen molar-refractivity contribution >= 4 is 35.0 Å². The van der Waals surface area contributed by atoms with Crippen molar-refractivity contribution in [2.75, 3.05) is 5.32 Å². The number of halogens is 4. The summed E-state index contributed by atoms with van der Waals surface area (Å²) in [7, 11) is 0. The van der Waals surface area contributed by atoms with Crippen LogP contribution < -0.4 is 5.32 Å². The minimum absolute atomic E-state index is 0.133. The number of nitrogens with zero attached hydrogens (tertiary/aromatic N) is 2. The van der Waals surface area contributed by atoms with E-state index in [0.29, 0.717) is 16.3 Å². The molecule has 3 aromatic rings. The highest BCUT2D eigenvalue weighted by molar-refractivity contribution is 8.00. The molecule has 1 aromatic heterocycles. The van der Waals surface area contributed by atoms with E-state index in [9.17, 15) is 18.0 Å². The molecule has 3 rings (SSSR count). The highest BCUT2D eigenvalue weighted by atomic mass is 35.5. The number of aromatic nitrogens is 2. The summed E-state index contributed by atoms with van der Waals surface area (Å²) in [6.07, 6.45) is -4.63. The Morgan fingerprint density at radius 2 is 1.72 bits per heavy atom. The van der Waals surface area contributed by atoms with E-state index in [2.05, 4.69) is 15.3 Å². The number of hydrogen-bond acceptors (Lipinski definition) is 4. The van der Waals surface area contributed by atoms with Crippen molar-refractivity contribution in [1.29, 1.82) is 0 Å². The lowest BCUT2D eigenvalue weighted by Gasteiger charge is -2.14. The Labute approximate surface area is 174 Å². The zero-order chi connectivity index (χ0) is 21.0. The van der Waals surface area contributed by atoms with Crippen LogP contribution in [0.5, 0.6) is 0 Å². The Morgan fingerprint density at radius 1 is 1.07 bits per heavy atom. The fraction of sp³-hybridized carbons (Fsp3) is 0.150. The van der Waals surface area contributed by atoms with Crippen LogP contribution in [0, 0.1) is 0 Å². The third kappa shape index (κ3) is 5.48. The van der Waals surface area contributed by atoms with Crippen LogP contribution in [-0.4, -0.2) is 21.1 Å². The zero-order valence-electron chi connectivity index (χ0n) is 15.1. The molecule has 1 amide bonds.